The minimum Gasteiger partial charge on any atom is -0.343 e. The first-order valence-corrected chi connectivity index (χ1v) is 6.29. The molecule has 94 valence electrons. The van der Waals surface area contributed by atoms with E-state index in [4.69, 9.17) is 21.1 Å². The van der Waals surface area contributed by atoms with E-state index in [1.54, 1.807) is 19.1 Å². The molecule has 0 spiro atoms. The molecule has 1 aromatic rings. The Morgan fingerprint density at radius 1 is 1.53 bits per heavy atom. The number of benzene rings is 1. The van der Waals surface area contributed by atoms with Gasteiger partial charge >= 0.3 is 0 Å². The summed E-state index contributed by atoms with van der Waals surface area (Å²) in [6.07, 6.45) is 0.577. The van der Waals surface area contributed by atoms with Gasteiger partial charge in [0, 0.05) is 12.0 Å². The Morgan fingerprint density at radius 2 is 2.29 bits per heavy atom. The van der Waals surface area contributed by atoms with Crippen LogP contribution < -0.4 is 0 Å². The maximum atomic E-state index is 13.3. The second kappa shape index (κ2) is 4.92. The van der Waals surface area contributed by atoms with Crippen molar-refractivity contribution in [3.05, 3.63) is 35.1 Å². The second-order valence-electron chi connectivity index (χ2n) is 4.28. The number of alkyl halides is 1. The lowest BCUT2D eigenvalue weighted by Crippen LogP contribution is -2.27. The lowest BCUT2D eigenvalue weighted by atomic mass is 10.0. The van der Waals surface area contributed by atoms with Crippen molar-refractivity contribution in [1.29, 1.82) is 0 Å². The van der Waals surface area contributed by atoms with Gasteiger partial charge in [0.05, 0.1) is 18.6 Å². The molecule has 0 N–H and O–H groups in total. The lowest BCUT2D eigenvalue weighted by Gasteiger charge is -2.27. The first kappa shape index (κ1) is 12.8. The van der Waals surface area contributed by atoms with Gasteiger partial charge in [-0.05, 0) is 24.6 Å². The van der Waals surface area contributed by atoms with E-state index in [0.29, 0.717) is 24.5 Å². The van der Waals surface area contributed by atoms with Crippen LogP contribution >= 0.6 is 11.6 Å². The van der Waals surface area contributed by atoms with E-state index in [1.165, 1.54) is 6.07 Å². The highest BCUT2D eigenvalue weighted by Crippen LogP contribution is 2.38. The zero-order valence-electron chi connectivity index (χ0n) is 10.0. The van der Waals surface area contributed by atoms with E-state index < -0.39 is 5.79 Å². The summed E-state index contributed by atoms with van der Waals surface area (Å²) in [4.78, 5) is 0. The minimum atomic E-state index is -0.766. The molecule has 1 aliphatic rings. The summed E-state index contributed by atoms with van der Waals surface area (Å²) in [5.74, 6) is -0.577. The molecule has 17 heavy (non-hydrogen) atoms. The predicted octanol–water partition coefficient (Wildman–Crippen LogP) is 3.35. The van der Waals surface area contributed by atoms with Crippen LogP contribution in [0, 0.1) is 12.7 Å². The van der Waals surface area contributed by atoms with Crippen LogP contribution in [-0.2, 0) is 15.3 Å². The SMILES string of the molecule is CCC1(c2ccc(F)c(C)c2)OCC(CCl)O1. The van der Waals surface area contributed by atoms with E-state index in [9.17, 15) is 4.39 Å². The summed E-state index contributed by atoms with van der Waals surface area (Å²) in [7, 11) is 0. The van der Waals surface area contributed by atoms with Crippen molar-refractivity contribution in [2.75, 3.05) is 12.5 Å². The molecule has 0 bridgehead atoms. The molecule has 0 radical (unpaired) electrons. The van der Waals surface area contributed by atoms with Gasteiger partial charge in [0.25, 0.3) is 0 Å². The monoisotopic (exact) mass is 258 g/mol. The molecule has 0 saturated carbocycles. The average Bonchev–Trinajstić information content (AvgIpc) is 2.77. The van der Waals surface area contributed by atoms with E-state index in [1.807, 2.05) is 6.92 Å². The number of halogens is 2. The summed E-state index contributed by atoms with van der Waals surface area (Å²) >= 11 is 5.77. The molecule has 1 aromatic carbocycles. The van der Waals surface area contributed by atoms with Crippen molar-refractivity contribution in [1.82, 2.24) is 0 Å². The Bertz CT molecular complexity index is 410. The molecule has 1 heterocycles. The summed E-state index contributed by atoms with van der Waals surface area (Å²) in [6.45, 7) is 4.19. The fraction of sp³-hybridized carbons (Fsp3) is 0.538. The van der Waals surface area contributed by atoms with Crippen LogP contribution in [0.2, 0.25) is 0 Å². The minimum absolute atomic E-state index is 0.0954. The van der Waals surface area contributed by atoms with Crippen LogP contribution in [0.5, 0.6) is 0 Å². The Kier molecular flexibility index (Phi) is 3.71. The maximum absolute atomic E-state index is 13.3. The molecule has 0 amide bonds. The normalized spacial score (nSPS) is 28.6. The summed E-state index contributed by atoms with van der Waals surface area (Å²) in [5.41, 5.74) is 1.45. The average molecular weight is 259 g/mol. The first-order valence-electron chi connectivity index (χ1n) is 5.75. The van der Waals surface area contributed by atoms with Crippen LogP contribution in [0.4, 0.5) is 4.39 Å². The molecule has 2 rings (SSSR count). The van der Waals surface area contributed by atoms with Gasteiger partial charge in [0.1, 0.15) is 5.82 Å². The molecular formula is C13H16ClFO2. The van der Waals surface area contributed by atoms with Crippen LogP contribution in [0.3, 0.4) is 0 Å². The third kappa shape index (κ3) is 2.32. The number of rotatable bonds is 3. The van der Waals surface area contributed by atoms with Gasteiger partial charge in [-0.15, -0.1) is 11.6 Å². The van der Waals surface area contributed by atoms with E-state index >= 15 is 0 Å². The highest BCUT2D eigenvalue weighted by atomic mass is 35.5. The molecule has 4 heteroatoms. The van der Waals surface area contributed by atoms with E-state index in [0.717, 1.165) is 5.56 Å². The highest BCUT2D eigenvalue weighted by Gasteiger charge is 2.41. The first-order chi connectivity index (χ1) is 8.11. The van der Waals surface area contributed by atoms with Gasteiger partial charge in [-0.2, -0.15) is 0 Å². The molecule has 1 fully saturated rings. The van der Waals surface area contributed by atoms with Crippen LogP contribution in [0.15, 0.2) is 18.2 Å². The third-order valence-corrected chi connectivity index (χ3v) is 3.44. The third-order valence-electron chi connectivity index (χ3n) is 3.09. The molecule has 2 unspecified atom stereocenters. The summed E-state index contributed by atoms with van der Waals surface area (Å²) < 4.78 is 24.9. The van der Waals surface area contributed by atoms with Crippen molar-refractivity contribution < 1.29 is 13.9 Å². The van der Waals surface area contributed by atoms with E-state index in [-0.39, 0.29) is 11.9 Å². The summed E-state index contributed by atoms with van der Waals surface area (Å²) in [6, 6.07) is 4.93. The van der Waals surface area contributed by atoms with Crippen molar-refractivity contribution in [3.63, 3.8) is 0 Å². The van der Waals surface area contributed by atoms with Crippen LogP contribution in [0.1, 0.15) is 24.5 Å². The fourth-order valence-electron chi connectivity index (χ4n) is 2.06. The van der Waals surface area contributed by atoms with Crippen LogP contribution in [-0.4, -0.2) is 18.6 Å². The standard InChI is InChI=1S/C13H16ClFO2/c1-3-13(16-8-11(7-14)17-13)10-4-5-12(15)9(2)6-10/h4-6,11H,3,7-8H2,1-2H3. The van der Waals surface area contributed by atoms with Gasteiger partial charge in [0.2, 0.25) is 0 Å². The zero-order valence-corrected chi connectivity index (χ0v) is 10.8. The second-order valence-corrected chi connectivity index (χ2v) is 4.58. The molecule has 1 aliphatic heterocycles. The smallest absolute Gasteiger partial charge is 0.195 e. The zero-order chi connectivity index (χ0) is 12.5. The predicted molar refractivity (Wildman–Crippen MR) is 64.7 cm³/mol. The van der Waals surface area contributed by atoms with Crippen LogP contribution in [0.25, 0.3) is 0 Å². The molecule has 2 nitrogen and oxygen atoms in total. The molecule has 0 aliphatic carbocycles. The number of hydrogen-bond donors (Lipinski definition) is 0. The van der Waals surface area contributed by atoms with Crippen molar-refractivity contribution >= 4 is 11.6 Å². The van der Waals surface area contributed by atoms with Gasteiger partial charge in [-0.3, -0.25) is 0 Å². The van der Waals surface area contributed by atoms with Gasteiger partial charge in [-0.25, -0.2) is 4.39 Å². The highest BCUT2D eigenvalue weighted by molar-refractivity contribution is 6.18. The van der Waals surface area contributed by atoms with Crippen molar-refractivity contribution in [2.24, 2.45) is 0 Å². The molecule has 0 aromatic heterocycles. The topological polar surface area (TPSA) is 18.5 Å². The Morgan fingerprint density at radius 3 is 2.82 bits per heavy atom. The Labute approximate surface area is 106 Å². The molecule has 2 atom stereocenters. The summed E-state index contributed by atoms with van der Waals surface area (Å²) in [5, 5.41) is 0. The Balaban J connectivity index is 2.32. The van der Waals surface area contributed by atoms with Gasteiger partial charge in [0.15, 0.2) is 5.79 Å². The van der Waals surface area contributed by atoms with E-state index in [2.05, 4.69) is 0 Å². The quantitative estimate of drug-likeness (QED) is 0.774. The van der Waals surface area contributed by atoms with Crippen molar-refractivity contribution in [2.45, 2.75) is 32.2 Å². The Hall–Kier alpha value is -0.640. The largest absolute Gasteiger partial charge is 0.343 e. The number of aryl methyl sites for hydroxylation is 1. The van der Waals surface area contributed by atoms with Gasteiger partial charge in [-0.1, -0.05) is 13.0 Å². The number of ether oxygens (including phenoxy) is 2. The molecular weight excluding hydrogens is 243 g/mol. The van der Waals surface area contributed by atoms with Gasteiger partial charge < -0.3 is 9.47 Å². The fourth-order valence-corrected chi connectivity index (χ4v) is 2.22. The number of hydrogen-bond acceptors (Lipinski definition) is 2. The maximum Gasteiger partial charge on any atom is 0.195 e. The lowest BCUT2D eigenvalue weighted by molar-refractivity contribution is -0.176. The molecule has 1 saturated heterocycles. The van der Waals surface area contributed by atoms with Crippen molar-refractivity contribution in [3.8, 4) is 0 Å².